The van der Waals surface area contributed by atoms with E-state index >= 15 is 0 Å². The van der Waals surface area contributed by atoms with Gasteiger partial charge in [-0.15, -0.1) is 11.3 Å². The molecule has 7 aromatic carbocycles. The van der Waals surface area contributed by atoms with E-state index in [-0.39, 0.29) is 0 Å². The van der Waals surface area contributed by atoms with Crippen molar-refractivity contribution in [3.8, 4) is 67.5 Å². The molecule has 0 aliphatic carbocycles. The second kappa shape index (κ2) is 12.4. The van der Waals surface area contributed by atoms with Gasteiger partial charge >= 0.3 is 0 Å². The fourth-order valence-corrected chi connectivity index (χ4v) is 7.61. The standard InChI is InChI=1S/C45H29N3S/c1-3-11-33(12-4-1)37-15-7-8-17-40(37)45-47-43(34-13-5-2-6-14-34)46-44(48-45)35-25-23-31(24-26-35)30-19-21-32(22-20-30)36-27-28-39-38-16-9-10-18-41(38)49-42(39)29-36/h1-29H. The van der Waals surface area contributed by atoms with E-state index in [4.69, 9.17) is 15.0 Å². The van der Waals surface area contributed by atoms with Gasteiger partial charge in [-0.2, -0.15) is 0 Å². The molecule has 0 atom stereocenters. The molecule has 0 bridgehead atoms. The molecule has 9 rings (SSSR count). The van der Waals surface area contributed by atoms with Crippen molar-refractivity contribution in [2.45, 2.75) is 0 Å². The zero-order valence-electron chi connectivity index (χ0n) is 26.5. The number of rotatable bonds is 6. The third-order valence-electron chi connectivity index (χ3n) is 8.99. The van der Waals surface area contributed by atoms with Crippen LogP contribution in [0.2, 0.25) is 0 Å². The summed E-state index contributed by atoms with van der Waals surface area (Å²) in [5, 5.41) is 2.65. The van der Waals surface area contributed by atoms with Crippen LogP contribution in [0.5, 0.6) is 0 Å². The summed E-state index contributed by atoms with van der Waals surface area (Å²) in [5.41, 5.74) is 9.81. The van der Waals surface area contributed by atoms with Gasteiger partial charge in [-0.05, 0) is 45.5 Å². The van der Waals surface area contributed by atoms with E-state index in [2.05, 4.69) is 133 Å². The van der Waals surface area contributed by atoms with Crippen LogP contribution in [0.15, 0.2) is 176 Å². The van der Waals surface area contributed by atoms with Crippen LogP contribution in [0.4, 0.5) is 0 Å². The van der Waals surface area contributed by atoms with E-state index in [1.165, 1.54) is 31.3 Å². The molecule has 2 heterocycles. The molecule has 3 nitrogen and oxygen atoms in total. The Morgan fingerprint density at radius 2 is 0.735 bits per heavy atom. The van der Waals surface area contributed by atoms with E-state index in [1.54, 1.807) is 0 Å². The smallest absolute Gasteiger partial charge is 0.164 e. The van der Waals surface area contributed by atoms with Gasteiger partial charge in [0.1, 0.15) is 0 Å². The predicted octanol–water partition coefficient (Wildman–Crippen LogP) is 12.2. The van der Waals surface area contributed by atoms with E-state index in [9.17, 15) is 0 Å². The topological polar surface area (TPSA) is 38.7 Å². The van der Waals surface area contributed by atoms with Crippen LogP contribution in [0.3, 0.4) is 0 Å². The fraction of sp³-hybridized carbons (Fsp3) is 0. The Bertz CT molecular complexity index is 2570. The summed E-state index contributed by atoms with van der Waals surface area (Å²) in [6.07, 6.45) is 0. The number of benzene rings is 7. The summed E-state index contributed by atoms with van der Waals surface area (Å²) in [6.45, 7) is 0. The molecule has 0 amide bonds. The lowest BCUT2D eigenvalue weighted by Crippen LogP contribution is -2.01. The second-order valence-corrected chi connectivity index (χ2v) is 13.1. The molecule has 2 aromatic heterocycles. The molecule has 0 unspecified atom stereocenters. The van der Waals surface area contributed by atoms with Crippen molar-refractivity contribution < 1.29 is 0 Å². The Hall–Kier alpha value is -6.23. The maximum atomic E-state index is 5.05. The monoisotopic (exact) mass is 643 g/mol. The van der Waals surface area contributed by atoms with E-state index in [0.717, 1.165) is 38.9 Å². The summed E-state index contributed by atoms with van der Waals surface area (Å²) in [6, 6.07) is 61.6. The largest absolute Gasteiger partial charge is 0.208 e. The molecule has 0 saturated carbocycles. The average Bonchev–Trinajstić information content (AvgIpc) is 3.56. The summed E-state index contributed by atoms with van der Waals surface area (Å²) in [7, 11) is 0. The average molecular weight is 644 g/mol. The van der Waals surface area contributed by atoms with Crippen LogP contribution in [-0.2, 0) is 0 Å². The van der Waals surface area contributed by atoms with Crippen molar-refractivity contribution in [1.82, 2.24) is 15.0 Å². The fourth-order valence-electron chi connectivity index (χ4n) is 6.46. The third-order valence-corrected chi connectivity index (χ3v) is 10.1. The van der Waals surface area contributed by atoms with Crippen molar-refractivity contribution in [2.75, 3.05) is 0 Å². The Morgan fingerprint density at radius 3 is 1.41 bits per heavy atom. The first kappa shape index (κ1) is 29.0. The Labute approximate surface area is 288 Å². The van der Waals surface area contributed by atoms with Gasteiger partial charge in [-0.1, -0.05) is 164 Å². The molecule has 0 fully saturated rings. The van der Waals surface area contributed by atoms with Crippen molar-refractivity contribution in [3.05, 3.63) is 176 Å². The van der Waals surface area contributed by atoms with Crippen molar-refractivity contribution in [2.24, 2.45) is 0 Å². The minimum atomic E-state index is 0.644. The van der Waals surface area contributed by atoms with Gasteiger partial charge in [0.25, 0.3) is 0 Å². The Morgan fingerprint density at radius 1 is 0.286 bits per heavy atom. The van der Waals surface area contributed by atoms with Crippen LogP contribution >= 0.6 is 11.3 Å². The van der Waals surface area contributed by atoms with Gasteiger partial charge in [0.05, 0.1) is 0 Å². The molecule has 9 aromatic rings. The predicted molar refractivity (Wildman–Crippen MR) is 205 cm³/mol. The number of aromatic nitrogens is 3. The summed E-state index contributed by atoms with van der Waals surface area (Å²) in [5.74, 6) is 1.94. The lowest BCUT2D eigenvalue weighted by Gasteiger charge is -2.12. The van der Waals surface area contributed by atoms with Crippen molar-refractivity contribution >= 4 is 31.5 Å². The normalized spacial score (nSPS) is 11.3. The van der Waals surface area contributed by atoms with Gasteiger partial charge in [-0.3, -0.25) is 0 Å². The number of nitrogens with zero attached hydrogens (tertiary/aromatic N) is 3. The molecular weight excluding hydrogens is 615 g/mol. The van der Waals surface area contributed by atoms with E-state index in [0.29, 0.717) is 17.5 Å². The van der Waals surface area contributed by atoms with Crippen molar-refractivity contribution in [3.63, 3.8) is 0 Å². The molecule has 4 heteroatoms. The molecular formula is C45H29N3S. The summed E-state index contributed by atoms with van der Waals surface area (Å²) < 4.78 is 2.65. The minimum absolute atomic E-state index is 0.644. The lowest BCUT2D eigenvalue weighted by atomic mass is 9.98. The Balaban J connectivity index is 1.05. The van der Waals surface area contributed by atoms with Crippen LogP contribution in [0.25, 0.3) is 87.7 Å². The van der Waals surface area contributed by atoms with Gasteiger partial charge in [0.2, 0.25) is 0 Å². The first-order valence-electron chi connectivity index (χ1n) is 16.4. The van der Waals surface area contributed by atoms with Crippen LogP contribution in [0.1, 0.15) is 0 Å². The van der Waals surface area contributed by atoms with Crippen LogP contribution < -0.4 is 0 Å². The third kappa shape index (κ3) is 5.58. The zero-order chi connectivity index (χ0) is 32.6. The molecule has 230 valence electrons. The van der Waals surface area contributed by atoms with Crippen molar-refractivity contribution in [1.29, 1.82) is 0 Å². The number of hydrogen-bond donors (Lipinski definition) is 0. The van der Waals surface area contributed by atoms with E-state index < -0.39 is 0 Å². The van der Waals surface area contributed by atoms with E-state index in [1.807, 2.05) is 53.8 Å². The number of fused-ring (bicyclic) bond motifs is 3. The van der Waals surface area contributed by atoms with Gasteiger partial charge in [0, 0.05) is 36.9 Å². The molecule has 0 aliphatic heterocycles. The summed E-state index contributed by atoms with van der Waals surface area (Å²) in [4.78, 5) is 15.0. The number of hydrogen-bond acceptors (Lipinski definition) is 4. The summed E-state index contributed by atoms with van der Waals surface area (Å²) >= 11 is 1.85. The zero-order valence-corrected chi connectivity index (χ0v) is 27.3. The minimum Gasteiger partial charge on any atom is -0.208 e. The van der Waals surface area contributed by atoms with Crippen LogP contribution in [-0.4, -0.2) is 15.0 Å². The molecule has 0 N–H and O–H groups in total. The highest BCUT2D eigenvalue weighted by Gasteiger charge is 2.16. The highest BCUT2D eigenvalue weighted by Crippen LogP contribution is 2.37. The molecule has 0 radical (unpaired) electrons. The quantitative estimate of drug-likeness (QED) is 0.181. The second-order valence-electron chi connectivity index (χ2n) is 12.0. The van der Waals surface area contributed by atoms with Crippen LogP contribution in [0, 0.1) is 0 Å². The molecule has 0 spiro atoms. The first-order chi connectivity index (χ1) is 24.3. The maximum absolute atomic E-state index is 5.05. The molecule has 0 saturated heterocycles. The molecule has 0 aliphatic rings. The van der Waals surface area contributed by atoms with Gasteiger partial charge in [0.15, 0.2) is 17.5 Å². The lowest BCUT2D eigenvalue weighted by molar-refractivity contribution is 1.07. The Kier molecular flexibility index (Phi) is 7.34. The highest BCUT2D eigenvalue weighted by molar-refractivity contribution is 7.25. The first-order valence-corrected chi connectivity index (χ1v) is 17.2. The maximum Gasteiger partial charge on any atom is 0.164 e. The SMILES string of the molecule is c1ccc(-c2nc(-c3ccc(-c4ccc(-c5ccc6c(c5)sc5ccccc56)cc4)cc3)nc(-c3ccccc3-c3ccccc3)n2)cc1. The number of thiophene rings is 1. The highest BCUT2D eigenvalue weighted by atomic mass is 32.1. The van der Waals surface area contributed by atoms with Gasteiger partial charge < -0.3 is 0 Å². The molecule has 49 heavy (non-hydrogen) atoms. The van der Waals surface area contributed by atoms with Gasteiger partial charge in [-0.25, -0.2) is 15.0 Å².